The molecule has 0 aliphatic carbocycles. The van der Waals surface area contributed by atoms with Gasteiger partial charge >= 0.3 is 0 Å². The van der Waals surface area contributed by atoms with Crippen LogP contribution in [0.15, 0.2) is 16.3 Å². The first-order valence-corrected chi connectivity index (χ1v) is 11.6. The van der Waals surface area contributed by atoms with Crippen molar-refractivity contribution in [1.82, 2.24) is 14.9 Å². The Morgan fingerprint density at radius 3 is 2.67 bits per heavy atom. The molecule has 0 spiro atoms. The van der Waals surface area contributed by atoms with Crippen LogP contribution in [0.4, 0.5) is 0 Å². The molecule has 2 unspecified atom stereocenters. The van der Waals surface area contributed by atoms with Crippen molar-refractivity contribution in [3.05, 3.63) is 17.0 Å². The summed E-state index contributed by atoms with van der Waals surface area (Å²) in [5, 5.41) is 6.26. The van der Waals surface area contributed by atoms with Crippen molar-refractivity contribution in [3.63, 3.8) is 0 Å². The van der Waals surface area contributed by atoms with E-state index >= 15 is 0 Å². The van der Waals surface area contributed by atoms with Gasteiger partial charge in [0.05, 0.1) is 0 Å². The minimum absolute atomic E-state index is 0. The zero-order valence-electron chi connectivity index (χ0n) is 16.2. The van der Waals surface area contributed by atoms with E-state index in [1.54, 1.807) is 10.4 Å². The predicted molar refractivity (Wildman–Crippen MR) is 111 cm³/mol. The lowest BCUT2D eigenvalue weighted by molar-refractivity contribution is -0.128. The molecule has 1 aromatic rings. The van der Waals surface area contributed by atoms with Crippen molar-refractivity contribution in [2.24, 2.45) is 5.41 Å². The molecule has 0 radical (unpaired) electrons. The number of rotatable bonds is 5. The SMILES string of the molecule is CC(C)(C)C(=O)NCCc1ccc(S(=O)(=O)N2C3CCNCC2CC3)s1.Cl. The van der Waals surface area contributed by atoms with Crippen LogP contribution in [0, 0.1) is 5.41 Å². The van der Waals surface area contributed by atoms with Crippen molar-refractivity contribution in [2.75, 3.05) is 19.6 Å². The summed E-state index contributed by atoms with van der Waals surface area (Å²) in [6.07, 6.45) is 3.43. The van der Waals surface area contributed by atoms with Crippen molar-refractivity contribution in [1.29, 1.82) is 0 Å². The highest BCUT2D eigenvalue weighted by Crippen LogP contribution is 2.35. The van der Waals surface area contributed by atoms with Gasteiger partial charge in [-0.3, -0.25) is 4.79 Å². The van der Waals surface area contributed by atoms with Crippen LogP contribution in [0.2, 0.25) is 0 Å². The lowest BCUT2D eigenvalue weighted by atomic mass is 9.96. The summed E-state index contributed by atoms with van der Waals surface area (Å²) in [6.45, 7) is 7.78. The van der Waals surface area contributed by atoms with Crippen LogP contribution in [0.3, 0.4) is 0 Å². The smallest absolute Gasteiger partial charge is 0.253 e. The Balaban J connectivity index is 0.00000261. The van der Waals surface area contributed by atoms with Crippen LogP contribution >= 0.6 is 23.7 Å². The molecule has 0 saturated carbocycles. The molecule has 6 nitrogen and oxygen atoms in total. The summed E-state index contributed by atoms with van der Waals surface area (Å²) in [5.74, 6) is 0.00976. The molecule has 1 amide bonds. The maximum absolute atomic E-state index is 13.2. The fraction of sp³-hybridized carbons (Fsp3) is 0.722. The fourth-order valence-electron chi connectivity index (χ4n) is 3.63. The van der Waals surface area contributed by atoms with E-state index in [0.717, 1.165) is 37.2 Å². The third-order valence-corrected chi connectivity index (χ3v) is 8.71. The van der Waals surface area contributed by atoms with Gasteiger partial charge in [0.25, 0.3) is 10.0 Å². The van der Waals surface area contributed by atoms with E-state index in [9.17, 15) is 13.2 Å². The summed E-state index contributed by atoms with van der Waals surface area (Å²) in [4.78, 5) is 12.9. The Hall–Kier alpha value is -0.670. The van der Waals surface area contributed by atoms with E-state index in [0.29, 0.717) is 17.2 Å². The number of halogens is 1. The van der Waals surface area contributed by atoms with Gasteiger partial charge in [-0.05, 0) is 44.4 Å². The number of carbonyl (C=O) groups is 1. The van der Waals surface area contributed by atoms with Gasteiger partial charge in [0.2, 0.25) is 5.91 Å². The Bertz CT molecular complexity index is 744. The quantitative estimate of drug-likeness (QED) is 0.744. The van der Waals surface area contributed by atoms with Crippen molar-refractivity contribution in [3.8, 4) is 0 Å². The zero-order chi connectivity index (χ0) is 18.9. The average Bonchev–Trinajstić information content (AvgIpc) is 3.10. The molecule has 2 aliphatic rings. The summed E-state index contributed by atoms with van der Waals surface area (Å²) in [7, 11) is -3.44. The van der Waals surface area contributed by atoms with Crippen molar-refractivity contribution < 1.29 is 13.2 Å². The number of thiophene rings is 1. The van der Waals surface area contributed by atoms with Crippen molar-refractivity contribution in [2.45, 2.75) is 62.7 Å². The van der Waals surface area contributed by atoms with E-state index in [2.05, 4.69) is 10.6 Å². The van der Waals surface area contributed by atoms with Gasteiger partial charge < -0.3 is 10.6 Å². The third-order valence-electron chi connectivity index (χ3n) is 5.09. The highest BCUT2D eigenvalue weighted by molar-refractivity contribution is 7.91. The second kappa shape index (κ2) is 8.78. The molecule has 3 rings (SSSR count). The standard InChI is InChI=1S/C18H29N3O3S2.ClH/c1-18(2,3)17(22)20-11-9-15-6-7-16(25-15)26(23,24)21-13-4-5-14(21)12-19-10-8-13;/h6-7,13-14,19H,4-5,8-12H2,1-3H3,(H,20,22);1H. The molecule has 154 valence electrons. The van der Waals surface area contributed by atoms with E-state index in [1.807, 2.05) is 26.8 Å². The number of fused-ring (bicyclic) bond motifs is 2. The highest BCUT2D eigenvalue weighted by atomic mass is 35.5. The largest absolute Gasteiger partial charge is 0.355 e. The number of nitrogens with one attached hydrogen (secondary N) is 2. The van der Waals surface area contributed by atoms with Gasteiger partial charge in [-0.2, -0.15) is 4.31 Å². The fourth-order valence-corrected chi connectivity index (χ4v) is 6.99. The van der Waals surface area contributed by atoms with Crippen LogP contribution in [0.1, 0.15) is 44.9 Å². The van der Waals surface area contributed by atoms with Crippen LogP contribution in [-0.4, -0.2) is 50.3 Å². The first-order valence-electron chi connectivity index (χ1n) is 9.31. The van der Waals surface area contributed by atoms with Gasteiger partial charge in [-0.1, -0.05) is 20.8 Å². The second-order valence-corrected chi connectivity index (χ2v) is 11.4. The van der Waals surface area contributed by atoms with Gasteiger partial charge in [-0.25, -0.2) is 8.42 Å². The monoisotopic (exact) mass is 435 g/mol. The topological polar surface area (TPSA) is 78.5 Å². The highest BCUT2D eigenvalue weighted by Gasteiger charge is 2.43. The number of sulfonamides is 1. The Morgan fingerprint density at radius 1 is 1.26 bits per heavy atom. The van der Waals surface area contributed by atoms with Gasteiger partial charge in [0, 0.05) is 35.5 Å². The lowest BCUT2D eigenvalue weighted by Gasteiger charge is -2.26. The Morgan fingerprint density at radius 2 is 1.96 bits per heavy atom. The summed E-state index contributed by atoms with van der Waals surface area (Å²) >= 11 is 1.33. The molecule has 2 atom stereocenters. The number of nitrogens with zero attached hydrogens (tertiary/aromatic N) is 1. The molecule has 2 bridgehead atoms. The molecule has 2 fully saturated rings. The van der Waals surface area contributed by atoms with Gasteiger partial charge in [0.1, 0.15) is 4.21 Å². The average molecular weight is 436 g/mol. The van der Waals surface area contributed by atoms with Crippen LogP contribution in [-0.2, 0) is 21.2 Å². The molecular formula is C18H30ClN3O3S2. The third kappa shape index (κ3) is 5.03. The summed E-state index contributed by atoms with van der Waals surface area (Å²) in [6, 6.07) is 3.79. The predicted octanol–water partition coefficient (Wildman–Crippen LogP) is 2.39. The van der Waals surface area contributed by atoms with Crippen molar-refractivity contribution >= 4 is 39.7 Å². The van der Waals surface area contributed by atoms with E-state index in [-0.39, 0.29) is 30.4 Å². The molecule has 0 aromatic carbocycles. The van der Waals surface area contributed by atoms with E-state index in [4.69, 9.17) is 0 Å². The molecule has 3 heterocycles. The zero-order valence-corrected chi connectivity index (χ0v) is 18.6. The molecular weight excluding hydrogens is 406 g/mol. The lowest BCUT2D eigenvalue weighted by Crippen LogP contribution is -2.42. The van der Waals surface area contributed by atoms with Crippen LogP contribution in [0.25, 0.3) is 0 Å². The van der Waals surface area contributed by atoms with Crippen LogP contribution < -0.4 is 10.6 Å². The molecule has 2 saturated heterocycles. The minimum atomic E-state index is -3.44. The van der Waals surface area contributed by atoms with Gasteiger partial charge in [0.15, 0.2) is 0 Å². The molecule has 27 heavy (non-hydrogen) atoms. The first-order chi connectivity index (χ1) is 12.2. The number of amides is 1. The molecule has 2 N–H and O–H groups in total. The number of hydrogen-bond donors (Lipinski definition) is 2. The summed E-state index contributed by atoms with van der Waals surface area (Å²) in [5.41, 5.74) is -0.413. The summed E-state index contributed by atoms with van der Waals surface area (Å²) < 4.78 is 28.5. The Labute approximate surface area is 172 Å². The molecule has 2 aliphatic heterocycles. The van der Waals surface area contributed by atoms with E-state index < -0.39 is 15.4 Å². The number of carbonyl (C=O) groups excluding carboxylic acids is 1. The van der Waals surface area contributed by atoms with E-state index in [1.165, 1.54) is 11.3 Å². The second-order valence-electron chi connectivity index (χ2n) is 8.19. The normalized spacial score (nSPS) is 23.5. The van der Waals surface area contributed by atoms with Crippen LogP contribution in [0.5, 0.6) is 0 Å². The minimum Gasteiger partial charge on any atom is -0.355 e. The van der Waals surface area contributed by atoms with Gasteiger partial charge in [-0.15, -0.1) is 23.7 Å². The molecule has 9 heteroatoms. The molecule has 1 aromatic heterocycles. The number of hydrogen-bond acceptors (Lipinski definition) is 5. The first kappa shape index (κ1) is 22.6. The maximum atomic E-state index is 13.2. The maximum Gasteiger partial charge on any atom is 0.253 e. The Kier molecular flexibility index (Phi) is 7.35.